The van der Waals surface area contributed by atoms with Gasteiger partial charge in [-0.05, 0) is 31.2 Å². The van der Waals surface area contributed by atoms with Gasteiger partial charge < -0.3 is 10.2 Å². The van der Waals surface area contributed by atoms with Crippen molar-refractivity contribution in [3.8, 4) is 0 Å². The topological polar surface area (TPSA) is 61.4 Å². The lowest BCUT2D eigenvalue weighted by Crippen LogP contribution is -2.44. The molecule has 10 heteroatoms. The highest BCUT2D eigenvalue weighted by Gasteiger charge is 2.17. The summed E-state index contributed by atoms with van der Waals surface area (Å²) in [5.74, 6) is 0. The second kappa shape index (κ2) is 11.1. The molecule has 0 spiro atoms. The van der Waals surface area contributed by atoms with Crippen molar-refractivity contribution in [2.75, 3.05) is 39.3 Å². The van der Waals surface area contributed by atoms with Crippen LogP contribution in [0.4, 0.5) is 0 Å². The summed E-state index contributed by atoms with van der Waals surface area (Å²) in [6, 6.07) is 4.75. The fourth-order valence-electron chi connectivity index (χ4n) is 2.21. The molecule has 0 unspecified atom stereocenters. The van der Waals surface area contributed by atoms with Crippen molar-refractivity contribution in [1.82, 2.24) is 14.9 Å². The van der Waals surface area contributed by atoms with E-state index in [1.54, 1.807) is 12.1 Å². The molecule has 5 nitrogen and oxygen atoms in total. The Hall–Kier alpha value is 0.400. The van der Waals surface area contributed by atoms with Gasteiger partial charge in [-0.2, -0.15) is 0 Å². The number of hydrogen-bond donors (Lipinski definition) is 2. The van der Waals surface area contributed by atoms with Gasteiger partial charge in [0.25, 0.3) is 0 Å². The van der Waals surface area contributed by atoms with Crippen LogP contribution < -0.4 is 10.0 Å². The van der Waals surface area contributed by atoms with E-state index in [1.165, 1.54) is 6.07 Å². The third-order valence-electron chi connectivity index (χ3n) is 3.34. The zero-order valence-electron chi connectivity index (χ0n) is 12.4. The van der Waals surface area contributed by atoms with Crippen molar-refractivity contribution in [3.05, 3.63) is 27.7 Å². The minimum Gasteiger partial charge on any atom is -0.314 e. The summed E-state index contributed by atoms with van der Waals surface area (Å²) in [6.45, 7) is 5.36. The summed E-state index contributed by atoms with van der Waals surface area (Å²) < 4.78 is 27.7. The number of sulfonamides is 1. The first-order chi connectivity index (χ1) is 9.99. The minimum absolute atomic E-state index is 0. The molecule has 0 atom stereocenters. The van der Waals surface area contributed by atoms with Crippen molar-refractivity contribution in [2.45, 2.75) is 11.3 Å². The van der Waals surface area contributed by atoms with Gasteiger partial charge in [0, 0.05) is 37.2 Å². The van der Waals surface area contributed by atoms with E-state index in [0.717, 1.165) is 43.6 Å². The summed E-state index contributed by atoms with van der Waals surface area (Å²) in [7, 11) is -3.54. The van der Waals surface area contributed by atoms with Gasteiger partial charge >= 0.3 is 0 Å². The van der Waals surface area contributed by atoms with Crippen molar-refractivity contribution in [1.29, 1.82) is 0 Å². The largest absolute Gasteiger partial charge is 0.314 e. The van der Waals surface area contributed by atoms with E-state index in [4.69, 9.17) is 11.6 Å². The van der Waals surface area contributed by atoms with E-state index in [1.807, 2.05) is 0 Å². The average molecular weight is 470 g/mol. The van der Waals surface area contributed by atoms with Gasteiger partial charge in [0.05, 0.1) is 5.02 Å². The number of hydrogen-bond acceptors (Lipinski definition) is 4. The van der Waals surface area contributed by atoms with E-state index in [-0.39, 0.29) is 34.7 Å². The highest BCUT2D eigenvalue weighted by atomic mass is 79.9. The summed E-state index contributed by atoms with van der Waals surface area (Å²) >= 11 is 9.24. The number of rotatable bonds is 6. The second-order valence-corrected chi connectivity index (χ2v) is 7.98. The van der Waals surface area contributed by atoms with Gasteiger partial charge in [0.15, 0.2) is 0 Å². The molecule has 1 saturated heterocycles. The first-order valence-electron chi connectivity index (χ1n) is 6.87. The molecule has 1 fully saturated rings. The molecule has 0 aliphatic carbocycles. The molecule has 0 saturated carbocycles. The van der Waals surface area contributed by atoms with Gasteiger partial charge in [-0.25, -0.2) is 13.1 Å². The molecule has 1 heterocycles. The summed E-state index contributed by atoms with van der Waals surface area (Å²) in [5.41, 5.74) is 0. The quantitative estimate of drug-likeness (QED) is 0.629. The molecule has 1 aliphatic heterocycles. The van der Waals surface area contributed by atoms with Crippen LogP contribution in [-0.4, -0.2) is 52.6 Å². The fraction of sp³-hybridized carbons (Fsp3) is 0.538. The molecule has 0 aromatic heterocycles. The Morgan fingerprint density at radius 3 is 2.52 bits per heavy atom. The van der Waals surface area contributed by atoms with Gasteiger partial charge in [-0.15, -0.1) is 24.8 Å². The van der Waals surface area contributed by atoms with Crippen molar-refractivity contribution in [3.63, 3.8) is 0 Å². The Kier molecular flexibility index (Phi) is 11.3. The van der Waals surface area contributed by atoms with Crippen LogP contribution in [0.25, 0.3) is 0 Å². The number of piperazine rings is 1. The van der Waals surface area contributed by atoms with Gasteiger partial charge in [-0.3, -0.25) is 0 Å². The molecule has 0 radical (unpaired) electrons. The SMILES string of the molecule is Cl.Cl.O=S(=O)(NCCCN1CCNCC1)c1ccc(Br)cc1Cl. The molecular weight excluding hydrogens is 448 g/mol. The first-order valence-corrected chi connectivity index (χ1v) is 9.52. The van der Waals surface area contributed by atoms with E-state index in [9.17, 15) is 8.42 Å². The van der Waals surface area contributed by atoms with E-state index < -0.39 is 10.0 Å². The highest BCUT2D eigenvalue weighted by molar-refractivity contribution is 9.10. The Morgan fingerprint density at radius 1 is 1.26 bits per heavy atom. The monoisotopic (exact) mass is 467 g/mol. The number of nitrogens with zero attached hydrogens (tertiary/aromatic N) is 1. The van der Waals surface area contributed by atoms with Crippen LogP contribution in [0.2, 0.25) is 5.02 Å². The Labute approximate surface area is 163 Å². The molecule has 134 valence electrons. The normalized spacial score (nSPS) is 15.6. The van der Waals surface area contributed by atoms with Crippen LogP contribution in [0.5, 0.6) is 0 Å². The highest BCUT2D eigenvalue weighted by Crippen LogP contribution is 2.24. The molecule has 1 aromatic rings. The standard InChI is InChI=1S/C13H19BrClN3O2S.2ClH/c14-11-2-3-13(12(15)10-11)21(19,20)17-4-1-7-18-8-5-16-6-9-18;;/h2-3,10,16-17H,1,4-9H2;2*1H. The zero-order valence-corrected chi connectivity index (χ0v) is 17.2. The summed E-state index contributed by atoms with van der Waals surface area (Å²) in [6.07, 6.45) is 0.785. The average Bonchev–Trinajstić information content (AvgIpc) is 2.44. The lowest BCUT2D eigenvalue weighted by atomic mass is 10.3. The third kappa shape index (κ3) is 7.44. The number of nitrogens with one attached hydrogen (secondary N) is 2. The molecule has 2 N–H and O–H groups in total. The molecular formula is C13H21BrCl3N3O2S. The van der Waals surface area contributed by atoms with Crippen molar-refractivity contribution >= 4 is 62.4 Å². The number of benzene rings is 1. The van der Waals surface area contributed by atoms with Crippen LogP contribution in [0.3, 0.4) is 0 Å². The van der Waals surface area contributed by atoms with Crippen LogP contribution >= 0.6 is 52.3 Å². The Bertz CT molecular complexity index is 584. The summed E-state index contributed by atoms with van der Waals surface area (Å²) in [5, 5.41) is 3.51. The Morgan fingerprint density at radius 2 is 1.91 bits per heavy atom. The van der Waals surface area contributed by atoms with Gasteiger partial charge in [-0.1, -0.05) is 27.5 Å². The molecule has 2 rings (SSSR count). The molecule has 0 bridgehead atoms. The predicted octanol–water partition coefficient (Wildman–Crippen LogP) is 2.52. The maximum atomic E-state index is 12.2. The van der Waals surface area contributed by atoms with Crippen molar-refractivity contribution < 1.29 is 8.42 Å². The van der Waals surface area contributed by atoms with E-state index in [2.05, 4.69) is 30.9 Å². The molecule has 1 aliphatic rings. The maximum absolute atomic E-state index is 12.2. The van der Waals surface area contributed by atoms with Crippen LogP contribution in [0.1, 0.15) is 6.42 Å². The molecule has 23 heavy (non-hydrogen) atoms. The second-order valence-electron chi connectivity index (χ2n) is 4.92. The van der Waals surface area contributed by atoms with Gasteiger partial charge in [0.2, 0.25) is 10.0 Å². The maximum Gasteiger partial charge on any atom is 0.242 e. The smallest absolute Gasteiger partial charge is 0.242 e. The minimum atomic E-state index is -3.54. The molecule has 0 amide bonds. The van der Waals surface area contributed by atoms with E-state index in [0.29, 0.717) is 6.54 Å². The van der Waals surface area contributed by atoms with Crippen LogP contribution in [0.15, 0.2) is 27.6 Å². The lowest BCUT2D eigenvalue weighted by Gasteiger charge is -2.27. The molecule has 1 aromatic carbocycles. The lowest BCUT2D eigenvalue weighted by molar-refractivity contribution is 0.239. The third-order valence-corrected chi connectivity index (χ3v) is 5.77. The van der Waals surface area contributed by atoms with Crippen molar-refractivity contribution in [2.24, 2.45) is 0 Å². The van der Waals surface area contributed by atoms with E-state index >= 15 is 0 Å². The summed E-state index contributed by atoms with van der Waals surface area (Å²) in [4.78, 5) is 2.45. The predicted molar refractivity (Wildman–Crippen MR) is 103 cm³/mol. The first kappa shape index (κ1) is 23.4. The fourth-order valence-corrected chi connectivity index (χ4v) is 4.32. The van der Waals surface area contributed by atoms with Crippen LogP contribution in [0, 0.1) is 0 Å². The zero-order chi connectivity index (χ0) is 15.3. The van der Waals surface area contributed by atoms with Crippen LogP contribution in [-0.2, 0) is 10.0 Å². The van der Waals surface area contributed by atoms with Gasteiger partial charge in [0.1, 0.15) is 4.90 Å². The number of halogens is 4. The Balaban J connectivity index is 0.00000242.